The lowest BCUT2D eigenvalue weighted by Crippen LogP contribution is -2.45. The molecule has 106 valence electrons. The maximum absolute atomic E-state index is 11.3. The van der Waals surface area contributed by atoms with Gasteiger partial charge in [-0.05, 0) is 23.7 Å². The Bertz CT molecular complexity index is 412. The van der Waals surface area contributed by atoms with Crippen LogP contribution in [-0.4, -0.2) is 20.7 Å². The Kier molecular flexibility index (Phi) is 5.36. The molecule has 0 unspecified atom stereocenters. The van der Waals surface area contributed by atoms with Gasteiger partial charge in [-0.25, -0.2) is 0 Å². The predicted octanol–water partition coefficient (Wildman–Crippen LogP) is 4.56. The Hall–Kier alpha value is -0.643. The Morgan fingerprint density at radius 2 is 1.74 bits per heavy atom. The second-order valence-electron chi connectivity index (χ2n) is 6.29. The van der Waals surface area contributed by atoms with Crippen molar-refractivity contribution in [3.8, 4) is 0 Å². The van der Waals surface area contributed by atoms with Crippen molar-refractivity contribution in [2.45, 2.75) is 50.4 Å². The maximum atomic E-state index is 11.3. The van der Waals surface area contributed by atoms with Gasteiger partial charge < -0.3 is 9.22 Å². The van der Waals surface area contributed by atoms with E-state index in [0.717, 1.165) is 11.8 Å². The number of hydrogen-bond acceptors (Lipinski definition) is 2. The first kappa shape index (κ1) is 16.4. The van der Waals surface area contributed by atoms with E-state index in [4.69, 9.17) is 16.0 Å². The normalized spacial score (nSPS) is 15.9. The van der Waals surface area contributed by atoms with Gasteiger partial charge in [-0.3, -0.25) is 0 Å². The van der Waals surface area contributed by atoms with E-state index in [1.165, 1.54) is 0 Å². The number of benzene rings is 1. The molecule has 0 heterocycles. The van der Waals surface area contributed by atoms with Crippen LogP contribution in [0, 0.1) is 0 Å². The van der Waals surface area contributed by atoms with E-state index in [1.807, 2.05) is 30.3 Å². The highest BCUT2D eigenvalue weighted by Gasteiger charge is 2.40. The second kappa shape index (κ2) is 6.20. The summed E-state index contributed by atoms with van der Waals surface area (Å²) in [6.07, 6.45) is 0.232. The van der Waals surface area contributed by atoms with Crippen molar-refractivity contribution in [1.29, 1.82) is 0 Å². The summed E-state index contributed by atoms with van der Waals surface area (Å²) in [6.45, 7) is 10.7. The van der Waals surface area contributed by atoms with Crippen LogP contribution in [0.2, 0.25) is 18.1 Å². The molecule has 1 aromatic carbocycles. The number of alkyl halides is 1. The zero-order chi connectivity index (χ0) is 14.7. The number of hydrogen-bond donors (Lipinski definition) is 0. The highest BCUT2D eigenvalue weighted by atomic mass is 35.5. The standard InChI is InChI=1S/C15H23ClO2Si/c1-15(2,3)19(4,5)18-13(11-17)14(16)12-9-7-6-8-10-12/h6-11,13-14H,1-5H3/t13-,14+/m1/s1. The first-order valence-electron chi connectivity index (χ1n) is 6.51. The van der Waals surface area contributed by atoms with Gasteiger partial charge in [0.05, 0.1) is 5.38 Å². The lowest BCUT2D eigenvalue weighted by atomic mass is 10.1. The third-order valence-electron chi connectivity index (χ3n) is 3.78. The average molecular weight is 299 g/mol. The van der Waals surface area contributed by atoms with Crippen LogP contribution in [-0.2, 0) is 9.22 Å². The summed E-state index contributed by atoms with van der Waals surface area (Å²) in [5.74, 6) is 0. The molecule has 0 radical (unpaired) electrons. The molecule has 0 amide bonds. The van der Waals surface area contributed by atoms with Crippen molar-refractivity contribution in [2.24, 2.45) is 0 Å². The van der Waals surface area contributed by atoms with Crippen molar-refractivity contribution >= 4 is 26.2 Å². The van der Waals surface area contributed by atoms with Gasteiger partial charge in [-0.15, -0.1) is 11.6 Å². The fraction of sp³-hybridized carbons (Fsp3) is 0.533. The van der Waals surface area contributed by atoms with Crippen LogP contribution in [0.3, 0.4) is 0 Å². The minimum atomic E-state index is -2.00. The van der Waals surface area contributed by atoms with Crippen LogP contribution < -0.4 is 0 Å². The SMILES string of the molecule is CC(C)(C)[Si](C)(C)O[C@H](C=O)[C@@H](Cl)c1ccccc1. The predicted molar refractivity (Wildman–Crippen MR) is 83.2 cm³/mol. The lowest BCUT2D eigenvalue weighted by Gasteiger charge is -2.39. The third-order valence-corrected chi connectivity index (χ3v) is 8.75. The molecular formula is C15H23ClO2Si. The zero-order valence-corrected chi connectivity index (χ0v) is 14.1. The van der Waals surface area contributed by atoms with Gasteiger partial charge in [0.15, 0.2) is 8.32 Å². The largest absolute Gasteiger partial charge is 0.405 e. The number of halogens is 1. The van der Waals surface area contributed by atoms with Crippen molar-refractivity contribution in [1.82, 2.24) is 0 Å². The van der Waals surface area contributed by atoms with Gasteiger partial charge in [-0.1, -0.05) is 51.1 Å². The van der Waals surface area contributed by atoms with Gasteiger partial charge in [0, 0.05) is 0 Å². The Morgan fingerprint density at radius 1 is 1.21 bits per heavy atom. The highest BCUT2D eigenvalue weighted by Crippen LogP contribution is 2.39. The molecule has 0 bridgehead atoms. The summed E-state index contributed by atoms with van der Waals surface area (Å²) in [5.41, 5.74) is 0.917. The topological polar surface area (TPSA) is 26.3 Å². The molecule has 4 heteroatoms. The number of aldehydes is 1. The number of rotatable bonds is 5. The molecule has 0 aliphatic carbocycles. The van der Waals surface area contributed by atoms with Gasteiger partial charge in [0.1, 0.15) is 12.4 Å². The fourth-order valence-corrected chi connectivity index (χ4v) is 3.07. The fourth-order valence-electron chi connectivity index (χ4n) is 1.50. The van der Waals surface area contributed by atoms with Crippen molar-refractivity contribution in [3.63, 3.8) is 0 Å². The van der Waals surface area contributed by atoms with Gasteiger partial charge in [-0.2, -0.15) is 0 Å². The smallest absolute Gasteiger partial charge is 0.193 e. The monoisotopic (exact) mass is 298 g/mol. The molecule has 0 saturated heterocycles. The first-order valence-corrected chi connectivity index (χ1v) is 9.85. The van der Waals surface area contributed by atoms with Crippen molar-refractivity contribution < 1.29 is 9.22 Å². The molecule has 0 spiro atoms. The minimum absolute atomic E-state index is 0.0571. The summed E-state index contributed by atoms with van der Waals surface area (Å²) in [7, 11) is -2.00. The van der Waals surface area contributed by atoms with E-state index < -0.39 is 19.8 Å². The molecule has 0 fully saturated rings. The molecule has 1 rings (SSSR count). The molecular weight excluding hydrogens is 276 g/mol. The summed E-state index contributed by atoms with van der Waals surface area (Å²) in [4.78, 5) is 11.3. The summed E-state index contributed by atoms with van der Waals surface area (Å²) in [6, 6.07) is 9.60. The van der Waals surface area contributed by atoms with Gasteiger partial charge in [0.2, 0.25) is 0 Å². The first-order chi connectivity index (χ1) is 8.69. The van der Waals surface area contributed by atoms with Crippen LogP contribution >= 0.6 is 11.6 Å². The summed E-state index contributed by atoms with van der Waals surface area (Å²) in [5, 5.41) is -0.380. The third kappa shape index (κ3) is 4.16. The quantitative estimate of drug-likeness (QED) is 0.453. The van der Waals surface area contributed by atoms with Crippen LogP contribution in [0.25, 0.3) is 0 Å². The Labute approximate surface area is 122 Å². The maximum Gasteiger partial charge on any atom is 0.193 e. The van der Waals surface area contributed by atoms with E-state index >= 15 is 0 Å². The lowest BCUT2D eigenvalue weighted by molar-refractivity contribution is -0.114. The molecule has 2 atom stereocenters. The molecule has 0 aliphatic rings. The van der Waals surface area contributed by atoms with E-state index in [0.29, 0.717) is 0 Å². The van der Waals surface area contributed by atoms with E-state index in [1.54, 1.807) is 0 Å². The van der Waals surface area contributed by atoms with Gasteiger partial charge >= 0.3 is 0 Å². The number of carbonyl (C=O) groups excluding carboxylic acids is 1. The van der Waals surface area contributed by atoms with Crippen LogP contribution in [0.15, 0.2) is 30.3 Å². The van der Waals surface area contributed by atoms with E-state index in [-0.39, 0.29) is 5.04 Å². The van der Waals surface area contributed by atoms with Crippen LogP contribution in [0.1, 0.15) is 31.7 Å². The van der Waals surface area contributed by atoms with Crippen molar-refractivity contribution in [2.75, 3.05) is 0 Å². The molecule has 0 aromatic heterocycles. The minimum Gasteiger partial charge on any atom is -0.405 e. The molecule has 0 aliphatic heterocycles. The molecule has 2 nitrogen and oxygen atoms in total. The molecule has 19 heavy (non-hydrogen) atoms. The summed E-state index contributed by atoms with van der Waals surface area (Å²) >= 11 is 6.39. The van der Waals surface area contributed by atoms with Crippen LogP contribution in [0.5, 0.6) is 0 Å². The second-order valence-corrected chi connectivity index (χ2v) is 11.5. The van der Waals surface area contributed by atoms with Crippen molar-refractivity contribution in [3.05, 3.63) is 35.9 Å². The summed E-state index contributed by atoms with van der Waals surface area (Å²) < 4.78 is 6.11. The Morgan fingerprint density at radius 3 is 2.16 bits per heavy atom. The Balaban J connectivity index is 2.88. The number of carbonyl (C=O) groups is 1. The molecule has 0 N–H and O–H groups in total. The highest BCUT2D eigenvalue weighted by molar-refractivity contribution is 6.74. The van der Waals surface area contributed by atoms with Gasteiger partial charge in [0.25, 0.3) is 0 Å². The average Bonchev–Trinajstić information content (AvgIpc) is 2.35. The zero-order valence-electron chi connectivity index (χ0n) is 12.3. The molecule has 0 saturated carbocycles. The molecule has 1 aromatic rings. The van der Waals surface area contributed by atoms with E-state index in [9.17, 15) is 4.79 Å². The van der Waals surface area contributed by atoms with Crippen LogP contribution in [0.4, 0.5) is 0 Å². The van der Waals surface area contributed by atoms with E-state index in [2.05, 4.69) is 33.9 Å².